The zero-order valence-corrected chi connectivity index (χ0v) is 13.4. The van der Waals surface area contributed by atoms with Gasteiger partial charge in [-0.2, -0.15) is 13.2 Å². The van der Waals surface area contributed by atoms with Gasteiger partial charge in [0.1, 0.15) is 6.54 Å². The molecule has 0 bridgehead atoms. The predicted molar refractivity (Wildman–Crippen MR) is 80.7 cm³/mol. The van der Waals surface area contributed by atoms with Crippen molar-refractivity contribution in [3.05, 3.63) is 29.8 Å². The highest BCUT2D eigenvalue weighted by atomic mass is 32.2. The summed E-state index contributed by atoms with van der Waals surface area (Å²) >= 11 is 1.62. The van der Waals surface area contributed by atoms with Gasteiger partial charge in [0.25, 0.3) is 0 Å². The van der Waals surface area contributed by atoms with E-state index in [2.05, 4.69) is 0 Å². The molecular weight excluding hydrogens is 313 g/mol. The number of nitrogens with zero attached hydrogens (tertiary/aromatic N) is 2. The third-order valence-corrected chi connectivity index (χ3v) is 4.62. The molecule has 1 aromatic carbocycles. The van der Waals surface area contributed by atoms with Gasteiger partial charge in [-0.15, -0.1) is 11.8 Å². The van der Waals surface area contributed by atoms with Crippen molar-refractivity contribution in [2.45, 2.75) is 30.1 Å². The average molecular weight is 332 g/mol. The molecule has 22 heavy (non-hydrogen) atoms. The van der Waals surface area contributed by atoms with Gasteiger partial charge in [0.15, 0.2) is 0 Å². The largest absolute Gasteiger partial charge is 0.406 e. The Bertz CT molecular complexity index is 536. The van der Waals surface area contributed by atoms with Gasteiger partial charge in [0.2, 0.25) is 5.91 Å². The summed E-state index contributed by atoms with van der Waals surface area (Å²) in [6.45, 7) is -0.442. The molecule has 122 valence electrons. The van der Waals surface area contributed by atoms with Gasteiger partial charge in [-0.05, 0) is 31.4 Å². The molecule has 0 spiro atoms. The van der Waals surface area contributed by atoms with Crippen molar-refractivity contribution < 1.29 is 18.0 Å². The third-order valence-electron chi connectivity index (χ3n) is 3.78. The summed E-state index contributed by atoms with van der Waals surface area (Å²) in [6, 6.07) is 7.38. The highest BCUT2D eigenvalue weighted by molar-refractivity contribution is 7.98. The van der Waals surface area contributed by atoms with Crippen LogP contribution in [-0.4, -0.2) is 54.3 Å². The van der Waals surface area contributed by atoms with E-state index in [-0.39, 0.29) is 6.54 Å². The lowest BCUT2D eigenvalue weighted by Crippen LogP contribution is -2.42. The summed E-state index contributed by atoms with van der Waals surface area (Å²) in [7, 11) is 1.79. The molecular formula is C15H19F3N2OS. The Kier molecular flexibility index (Phi) is 5.39. The van der Waals surface area contributed by atoms with Gasteiger partial charge in [0.05, 0.1) is 6.04 Å². The summed E-state index contributed by atoms with van der Waals surface area (Å²) in [5.74, 6) is -0.429. The van der Waals surface area contributed by atoms with Crippen molar-refractivity contribution in [2.75, 3.05) is 26.4 Å². The predicted octanol–water partition coefficient (Wildman–Crippen LogP) is 3.00. The van der Waals surface area contributed by atoms with Crippen molar-refractivity contribution >= 4 is 17.7 Å². The molecule has 2 rings (SSSR count). The van der Waals surface area contributed by atoms with E-state index >= 15 is 0 Å². The quantitative estimate of drug-likeness (QED) is 0.775. The summed E-state index contributed by atoms with van der Waals surface area (Å²) < 4.78 is 37.3. The minimum atomic E-state index is -4.34. The lowest BCUT2D eigenvalue weighted by molar-refractivity contribution is -0.159. The highest BCUT2D eigenvalue weighted by Crippen LogP contribution is 2.26. The fourth-order valence-corrected chi connectivity index (χ4v) is 3.33. The zero-order valence-electron chi connectivity index (χ0n) is 12.6. The Morgan fingerprint density at radius 2 is 2.05 bits per heavy atom. The number of amides is 1. The normalized spacial score (nSPS) is 19.3. The molecule has 0 aliphatic carbocycles. The molecule has 0 unspecified atom stereocenters. The number of halogens is 3. The van der Waals surface area contributed by atoms with Crippen molar-refractivity contribution in [3.63, 3.8) is 0 Å². The van der Waals surface area contributed by atoms with Crippen LogP contribution in [0.25, 0.3) is 0 Å². The molecule has 7 heteroatoms. The van der Waals surface area contributed by atoms with Crippen LogP contribution in [0.2, 0.25) is 0 Å². The number of benzene rings is 1. The fourth-order valence-electron chi connectivity index (χ4n) is 2.72. The number of carbonyl (C=O) groups is 1. The fraction of sp³-hybridized carbons (Fsp3) is 0.533. The summed E-state index contributed by atoms with van der Waals surface area (Å²) in [6.07, 6.45) is -1.92. The Labute approximate surface area is 132 Å². The van der Waals surface area contributed by atoms with Crippen LogP contribution < -0.4 is 0 Å². The molecule has 0 saturated carbocycles. The first-order valence-electron chi connectivity index (χ1n) is 6.99. The molecule has 1 aliphatic heterocycles. The van der Waals surface area contributed by atoms with Gasteiger partial charge < -0.3 is 4.90 Å². The number of hydrogen-bond donors (Lipinski definition) is 0. The molecule has 0 N–H and O–H groups in total. The number of carbonyl (C=O) groups excluding carboxylic acids is 1. The standard InChI is InChI=1S/C15H19F3N2OS/c1-19(9-11-5-3-4-6-13(11)22-2)12-7-8-20(14(12)21)10-15(16,17)18/h3-6,12H,7-10H2,1-2H3/t12-/m0/s1. The lowest BCUT2D eigenvalue weighted by atomic mass is 10.1. The number of alkyl halides is 3. The van der Waals surface area contributed by atoms with Gasteiger partial charge in [-0.3, -0.25) is 9.69 Å². The van der Waals surface area contributed by atoms with E-state index in [1.807, 2.05) is 35.4 Å². The van der Waals surface area contributed by atoms with E-state index in [1.165, 1.54) is 0 Å². The molecule has 3 nitrogen and oxygen atoms in total. The second kappa shape index (κ2) is 6.91. The van der Waals surface area contributed by atoms with Gasteiger partial charge in [0, 0.05) is 18.0 Å². The van der Waals surface area contributed by atoms with E-state index < -0.39 is 24.7 Å². The smallest absolute Gasteiger partial charge is 0.332 e. The van der Waals surface area contributed by atoms with Crippen molar-refractivity contribution in [1.29, 1.82) is 0 Å². The number of likely N-dealkylation sites (tertiary alicyclic amines) is 1. The molecule has 1 aromatic rings. The summed E-state index contributed by atoms with van der Waals surface area (Å²) in [5, 5.41) is 0. The van der Waals surface area contributed by atoms with E-state index in [0.717, 1.165) is 15.4 Å². The summed E-state index contributed by atoms with van der Waals surface area (Å²) in [5.41, 5.74) is 1.08. The van der Waals surface area contributed by atoms with Crippen LogP contribution in [0.15, 0.2) is 29.2 Å². The van der Waals surface area contributed by atoms with E-state index in [4.69, 9.17) is 0 Å². The Morgan fingerprint density at radius 3 is 2.68 bits per heavy atom. The third kappa shape index (κ3) is 4.16. The lowest BCUT2D eigenvalue weighted by Gasteiger charge is -2.25. The number of hydrogen-bond acceptors (Lipinski definition) is 3. The van der Waals surface area contributed by atoms with Gasteiger partial charge in [-0.1, -0.05) is 18.2 Å². The second-order valence-corrected chi connectivity index (χ2v) is 6.25. The first kappa shape index (κ1) is 17.1. The van der Waals surface area contributed by atoms with Crippen molar-refractivity contribution in [1.82, 2.24) is 9.80 Å². The van der Waals surface area contributed by atoms with E-state index in [9.17, 15) is 18.0 Å². The van der Waals surface area contributed by atoms with Gasteiger partial charge >= 0.3 is 6.18 Å². The monoisotopic (exact) mass is 332 g/mol. The van der Waals surface area contributed by atoms with Crippen LogP contribution in [0.4, 0.5) is 13.2 Å². The topological polar surface area (TPSA) is 23.6 Å². The zero-order chi connectivity index (χ0) is 16.3. The van der Waals surface area contributed by atoms with Crippen LogP contribution in [-0.2, 0) is 11.3 Å². The van der Waals surface area contributed by atoms with Crippen LogP contribution >= 0.6 is 11.8 Å². The molecule has 1 fully saturated rings. The molecule has 1 aliphatic rings. The molecule has 0 aromatic heterocycles. The van der Waals surface area contributed by atoms with E-state index in [1.54, 1.807) is 18.8 Å². The number of thioether (sulfide) groups is 1. The van der Waals surface area contributed by atoms with Crippen LogP contribution in [0.3, 0.4) is 0 Å². The average Bonchev–Trinajstić information content (AvgIpc) is 2.79. The Hall–Kier alpha value is -1.21. The Morgan fingerprint density at radius 1 is 1.36 bits per heavy atom. The first-order chi connectivity index (χ1) is 10.3. The van der Waals surface area contributed by atoms with Crippen LogP contribution in [0, 0.1) is 0 Å². The van der Waals surface area contributed by atoms with Crippen LogP contribution in [0.1, 0.15) is 12.0 Å². The highest BCUT2D eigenvalue weighted by Gasteiger charge is 2.40. The molecule has 1 atom stereocenters. The summed E-state index contributed by atoms with van der Waals surface area (Å²) in [4.78, 5) is 16.0. The minimum absolute atomic E-state index is 0.164. The van der Waals surface area contributed by atoms with Gasteiger partial charge in [-0.25, -0.2) is 0 Å². The first-order valence-corrected chi connectivity index (χ1v) is 8.22. The SMILES string of the molecule is CSc1ccccc1CN(C)[C@H]1CCN(CC(F)(F)F)C1=O. The molecule has 1 heterocycles. The van der Waals surface area contributed by atoms with Crippen molar-refractivity contribution in [3.8, 4) is 0 Å². The molecule has 1 saturated heterocycles. The maximum absolute atomic E-state index is 12.4. The maximum Gasteiger partial charge on any atom is 0.406 e. The number of likely N-dealkylation sites (N-methyl/N-ethyl adjacent to an activating group) is 1. The molecule has 0 radical (unpaired) electrons. The molecule has 1 amide bonds. The number of rotatable bonds is 5. The van der Waals surface area contributed by atoms with E-state index in [0.29, 0.717) is 13.0 Å². The Balaban J connectivity index is 2.02. The second-order valence-electron chi connectivity index (χ2n) is 5.41. The van der Waals surface area contributed by atoms with Crippen molar-refractivity contribution in [2.24, 2.45) is 0 Å². The van der Waals surface area contributed by atoms with Crippen LogP contribution in [0.5, 0.6) is 0 Å². The maximum atomic E-state index is 12.4. The minimum Gasteiger partial charge on any atom is -0.332 e.